The molecule has 2 heterocycles. The molecule has 14 heavy (non-hydrogen) atoms. The van der Waals surface area contributed by atoms with Crippen molar-refractivity contribution in [3.63, 3.8) is 0 Å². The zero-order valence-electron chi connectivity index (χ0n) is 8.06. The van der Waals surface area contributed by atoms with E-state index in [0.29, 0.717) is 25.1 Å². The zero-order valence-corrected chi connectivity index (χ0v) is 8.06. The predicted molar refractivity (Wildman–Crippen MR) is 50.0 cm³/mol. The largest absolute Gasteiger partial charge is 0.469 e. The summed E-state index contributed by atoms with van der Waals surface area (Å²) in [7, 11) is 0. The van der Waals surface area contributed by atoms with Crippen LogP contribution in [0.2, 0.25) is 0 Å². The third-order valence-corrected chi connectivity index (χ3v) is 2.43. The number of aryl methyl sites for hydroxylation is 1. The van der Waals surface area contributed by atoms with Crippen LogP contribution in [0.3, 0.4) is 0 Å². The molecule has 1 aromatic heterocycles. The van der Waals surface area contributed by atoms with Gasteiger partial charge in [-0.1, -0.05) is 0 Å². The van der Waals surface area contributed by atoms with Crippen molar-refractivity contribution in [3.8, 4) is 0 Å². The summed E-state index contributed by atoms with van der Waals surface area (Å²) in [6, 6.07) is 1.72. The Labute approximate surface area is 82.1 Å². The molecule has 4 nitrogen and oxygen atoms in total. The molecule has 1 unspecified atom stereocenters. The van der Waals surface area contributed by atoms with Crippen molar-refractivity contribution in [3.05, 3.63) is 23.7 Å². The van der Waals surface area contributed by atoms with E-state index in [1.807, 2.05) is 0 Å². The van der Waals surface area contributed by atoms with Gasteiger partial charge in [0.15, 0.2) is 0 Å². The van der Waals surface area contributed by atoms with Gasteiger partial charge in [0, 0.05) is 13.1 Å². The number of nitrogens with zero attached hydrogens (tertiary/aromatic N) is 1. The highest BCUT2D eigenvalue weighted by molar-refractivity contribution is 5.94. The van der Waals surface area contributed by atoms with E-state index in [1.54, 1.807) is 17.9 Å². The monoisotopic (exact) mass is 195 g/mol. The summed E-state index contributed by atoms with van der Waals surface area (Å²) in [5.41, 5.74) is 0.566. The summed E-state index contributed by atoms with van der Waals surface area (Å²) in [6.45, 7) is 2.86. The molecule has 0 bridgehead atoms. The quantitative estimate of drug-likeness (QED) is 0.721. The molecule has 1 N–H and O–H groups in total. The Balaban J connectivity index is 2.09. The minimum absolute atomic E-state index is 0.0570. The van der Waals surface area contributed by atoms with Gasteiger partial charge in [-0.05, 0) is 19.4 Å². The third kappa shape index (κ3) is 1.65. The number of β-amino-alcohol motifs (C(OH)–C–C–N with tert-alkyl or cyclic N) is 1. The van der Waals surface area contributed by atoms with Crippen molar-refractivity contribution in [2.24, 2.45) is 0 Å². The number of aliphatic hydroxyl groups excluding tert-OH is 1. The lowest BCUT2D eigenvalue weighted by Gasteiger charge is -2.13. The van der Waals surface area contributed by atoms with Crippen LogP contribution in [0.15, 0.2) is 16.7 Å². The third-order valence-electron chi connectivity index (χ3n) is 2.43. The molecule has 1 saturated heterocycles. The normalized spacial score (nSPS) is 21.6. The smallest absolute Gasteiger partial charge is 0.257 e. The van der Waals surface area contributed by atoms with E-state index >= 15 is 0 Å². The van der Waals surface area contributed by atoms with E-state index in [0.717, 1.165) is 5.76 Å². The molecular weight excluding hydrogens is 182 g/mol. The van der Waals surface area contributed by atoms with E-state index in [1.165, 1.54) is 6.26 Å². The molecule has 0 spiro atoms. The first kappa shape index (κ1) is 9.27. The van der Waals surface area contributed by atoms with Gasteiger partial charge in [-0.15, -0.1) is 0 Å². The number of aliphatic hydroxyl groups is 1. The number of hydrogen-bond donors (Lipinski definition) is 1. The molecule has 0 aromatic carbocycles. The molecule has 1 amide bonds. The van der Waals surface area contributed by atoms with Crippen LogP contribution in [-0.4, -0.2) is 35.1 Å². The summed E-state index contributed by atoms with van der Waals surface area (Å²) < 4.78 is 5.06. The van der Waals surface area contributed by atoms with Crippen LogP contribution in [0.4, 0.5) is 0 Å². The van der Waals surface area contributed by atoms with E-state index in [-0.39, 0.29) is 12.0 Å². The number of carbonyl (C=O) groups excluding carboxylic acids is 1. The highest BCUT2D eigenvalue weighted by Gasteiger charge is 2.25. The average molecular weight is 195 g/mol. The number of rotatable bonds is 1. The van der Waals surface area contributed by atoms with E-state index in [2.05, 4.69) is 0 Å². The van der Waals surface area contributed by atoms with E-state index in [9.17, 15) is 9.90 Å². The Bertz CT molecular complexity index is 345. The zero-order chi connectivity index (χ0) is 10.1. The number of furan rings is 1. The second kappa shape index (κ2) is 3.46. The summed E-state index contributed by atoms with van der Waals surface area (Å²) in [4.78, 5) is 13.4. The van der Waals surface area contributed by atoms with Crippen LogP contribution in [-0.2, 0) is 0 Å². The van der Waals surface area contributed by atoms with Crippen LogP contribution in [0.1, 0.15) is 22.5 Å². The minimum Gasteiger partial charge on any atom is -0.469 e. The number of hydrogen-bond acceptors (Lipinski definition) is 3. The Morgan fingerprint density at radius 3 is 3.00 bits per heavy atom. The van der Waals surface area contributed by atoms with Crippen LogP contribution in [0.5, 0.6) is 0 Å². The molecule has 1 aliphatic heterocycles. The van der Waals surface area contributed by atoms with Crippen LogP contribution < -0.4 is 0 Å². The lowest BCUT2D eigenvalue weighted by molar-refractivity contribution is 0.0764. The first-order valence-electron chi connectivity index (χ1n) is 4.69. The fourth-order valence-corrected chi connectivity index (χ4v) is 1.66. The Morgan fingerprint density at radius 1 is 1.71 bits per heavy atom. The first-order chi connectivity index (χ1) is 6.66. The van der Waals surface area contributed by atoms with Gasteiger partial charge in [0.05, 0.1) is 11.7 Å². The lowest BCUT2D eigenvalue weighted by Crippen LogP contribution is -2.29. The second-order valence-corrected chi connectivity index (χ2v) is 3.64. The molecule has 1 aromatic rings. The van der Waals surface area contributed by atoms with Crippen LogP contribution in [0, 0.1) is 6.92 Å². The Hall–Kier alpha value is -1.29. The van der Waals surface area contributed by atoms with Crippen LogP contribution >= 0.6 is 0 Å². The van der Waals surface area contributed by atoms with Gasteiger partial charge in [0.1, 0.15) is 12.0 Å². The van der Waals surface area contributed by atoms with Gasteiger partial charge in [-0.3, -0.25) is 4.79 Å². The maximum absolute atomic E-state index is 11.8. The van der Waals surface area contributed by atoms with Gasteiger partial charge in [-0.2, -0.15) is 0 Å². The molecule has 76 valence electrons. The van der Waals surface area contributed by atoms with Gasteiger partial charge in [0.25, 0.3) is 5.91 Å². The predicted octanol–water partition coefficient (Wildman–Crippen LogP) is 0.795. The topological polar surface area (TPSA) is 53.7 Å². The highest BCUT2D eigenvalue weighted by Crippen LogP contribution is 2.15. The van der Waals surface area contributed by atoms with Crippen molar-refractivity contribution >= 4 is 5.91 Å². The number of carbonyl (C=O) groups is 1. The number of amides is 1. The summed E-state index contributed by atoms with van der Waals surface area (Å²) in [5.74, 6) is 0.673. The molecule has 0 radical (unpaired) electrons. The standard InChI is InChI=1S/C10H13NO3/c1-7-4-8(6-14-7)10(13)11-3-2-9(12)5-11/h4,6,9,12H,2-3,5H2,1H3. The maximum atomic E-state index is 11.8. The number of likely N-dealkylation sites (tertiary alicyclic amines) is 1. The van der Waals surface area contributed by atoms with Crippen molar-refractivity contribution < 1.29 is 14.3 Å². The molecule has 0 aliphatic carbocycles. The van der Waals surface area contributed by atoms with Crippen molar-refractivity contribution in [1.29, 1.82) is 0 Å². The van der Waals surface area contributed by atoms with Gasteiger partial charge < -0.3 is 14.4 Å². The maximum Gasteiger partial charge on any atom is 0.257 e. The molecule has 2 rings (SSSR count). The van der Waals surface area contributed by atoms with E-state index < -0.39 is 0 Å². The van der Waals surface area contributed by atoms with Crippen LogP contribution in [0.25, 0.3) is 0 Å². The van der Waals surface area contributed by atoms with Crippen molar-refractivity contribution in [2.45, 2.75) is 19.4 Å². The van der Waals surface area contributed by atoms with Crippen molar-refractivity contribution in [1.82, 2.24) is 4.90 Å². The summed E-state index contributed by atoms with van der Waals surface area (Å²) in [6.07, 6.45) is 1.76. The molecule has 1 atom stereocenters. The Morgan fingerprint density at radius 2 is 2.50 bits per heavy atom. The second-order valence-electron chi connectivity index (χ2n) is 3.64. The highest BCUT2D eigenvalue weighted by atomic mass is 16.3. The first-order valence-corrected chi connectivity index (χ1v) is 4.69. The lowest BCUT2D eigenvalue weighted by atomic mass is 10.3. The van der Waals surface area contributed by atoms with Crippen molar-refractivity contribution in [2.75, 3.05) is 13.1 Å². The minimum atomic E-state index is -0.369. The fourth-order valence-electron chi connectivity index (χ4n) is 1.66. The summed E-state index contributed by atoms with van der Waals surface area (Å²) >= 11 is 0. The summed E-state index contributed by atoms with van der Waals surface area (Å²) in [5, 5.41) is 9.28. The van der Waals surface area contributed by atoms with Gasteiger partial charge in [0.2, 0.25) is 0 Å². The molecule has 0 saturated carbocycles. The molecule has 1 fully saturated rings. The Kier molecular flexibility index (Phi) is 2.29. The van der Waals surface area contributed by atoms with E-state index in [4.69, 9.17) is 4.42 Å². The molecule has 1 aliphatic rings. The average Bonchev–Trinajstić information content (AvgIpc) is 2.73. The SMILES string of the molecule is Cc1cc(C(=O)N2CCC(O)C2)co1. The molecule has 4 heteroatoms. The van der Waals surface area contributed by atoms with Gasteiger partial charge in [-0.25, -0.2) is 0 Å². The van der Waals surface area contributed by atoms with Gasteiger partial charge >= 0.3 is 0 Å². The fraction of sp³-hybridized carbons (Fsp3) is 0.500. The molecular formula is C10H13NO3.